The molecule has 0 bridgehead atoms. The van der Waals surface area contributed by atoms with Crippen LogP contribution in [0.15, 0.2) is 18.2 Å². The van der Waals surface area contributed by atoms with Gasteiger partial charge in [0.25, 0.3) is 0 Å². The van der Waals surface area contributed by atoms with Gasteiger partial charge in [-0.15, -0.1) is 0 Å². The quantitative estimate of drug-likeness (QED) is 0.614. The molecule has 1 aromatic rings. The third-order valence-electron chi connectivity index (χ3n) is 4.52. The van der Waals surface area contributed by atoms with Gasteiger partial charge in [0.1, 0.15) is 0 Å². The van der Waals surface area contributed by atoms with Gasteiger partial charge >= 0.3 is 5.69 Å². The average molecular weight is 326 g/mol. The van der Waals surface area contributed by atoms with Gasteiger partial charge in [0.2, 0.25) is 0 Å². The van der Waals surface area contributed by atoms with Crippen LogP contribution >= 0.6 is 0 Å². The van der Waals surface area contributed by atoms with Gasteiger partial charge in [-0.25, -0.2) is 0 Å². The van der Waals surface area contributed by atoms with E-state index in [0.717, 1.165) is 18.5 Å². The first kappa shape index (κ1) is 16.7. The van der Waals surface area contributed by atoms with Crippen LogP contribution in [0.2, 0.25) is 0 Å². The van der Waals surface area contributed by atoms with E-state index in [1.807, 2.05) is 0 Å². The first-order chi connectivity index (χ1) is 10.5. The van der Waals surface area contributed by atoms with Crippen molar-refractivity contribution in [3.8, 4) is 5.75 Å². The Morgan fingerprint density at radius 2 is 2.09 bits per heavy atom. The van der Waals surface area contributed by atoms with Gasteiger partial charge in [-0.1, -0.05) is 13.8 Å². The van der Waals surface area contributed by atoms with Gasteiger partial charge in [0, 0.05) is 47.5 Å². The maximum absolute atomic E-state index is 12.4. The zero-order valence-electron chi connectivity index (χ0n) is 13.2. The van der Waals surface area contributed by atoms with Crippen molar-refractivity contribution in [1.82, 2.24) is 0 Å². The lowest BCUT2D eigenvalue weighted by atomic mass is 10.0. The molecule has 0 spiro atoms. The molecule has 0 N–H and O–H groups in total. The molecule has 22 heavy (non-hydrogen) atoms. The largest absolute Gasteiger partial charge is 0.490 e. The van der Waals surface area contributed by atoms with E-state index >= 15 is 0 Å². The van der Waals surface area contributed by atoms with Crippen molar-refractivity contribution in [2.45, 2.75) is 31.4 Å². The second kappa shape index (κ2) is 6.64. The highest BCUT2D eigenvalue weighted by molar-refractivity contribution is 7.86. The summed E-state index contributed by atoms with van der Waals surface area (Å²) in [5, 5.41) is 11.0. The van der Waals surface area contributed by atoms with Crippen molar-refractivity contribution < 1.29 is 13.9 Å². The highest BCUT2D eigenvalue weighted by Crippen LogP contribution is 2.35. The molecule has 1 heterocycles. The van der Waals surface area contributed by atoms with Crippen molar-refractivity contribution in [3.05, 3.63) is 28.3 Å². The van der Waals surface area contributed by atoms with Gasteiger partial charge in [-0.2, -0.15) is 0 Å². The van der Waals surface area contributed by atoms with E-state index in [1.54, 1.807) is 12.1 Å². The third kappa shape index (κ3) is 2.95. The Bertz CT molecular complexity index is 587. The molecule has 6 nitrogen and oxygen atoms in total. The number of anilines is 1. The van der Waals surface area contributed by atoms with E-state index in [4.69, 9.17) is 4.74 Å². The molecule has 2 rings (SSSR count). The van der Waals surface area contributed by atoms with Crippen molar-refractivity contribution >= 4 is 22.2 Å². The first-order valence-electron chi connectivity index (χ1n) is 7.43. The van der Waals surface area contributed by atoms with Gasteiger partial charge < -0.3 is 9.64 Å². The molecule has 1 atom stereocenters. The molecule has 0 aliphatic carbocycles. The first-order valence-corrected chi connectivity index (χ1v) is 8.75. The molecule has 122 valence electrons. The smallest absolute Gasteiger partial charge is 0.311 e. The summed E-state index contributed by atoms with van der Waals surface area (Å²) in [5.41, 5.74) is 0.842. The summed E-state index contributed by atoms with van der Waals surface area (Å²) in [6.07, 6.45) is 1.72. The molecule has 1 fully saturated rings. The standard InChI is InChI=1S/C15H22N2O4S/c1-4-15(5-2)11-16(8-9-22(15)20)12-6-7-13(17(18)19)14(10-12)21-3/h6-7,10H,4-5,8-9,11H2,1-3H3. The number of ether oxygens (including phenoxy) is 1. The lowest BCUT2D eigenvalue weighted by molar-refractivity contribution is -0.385. The normalized spacial score (nSPS) is 20.7. The maximum Gasteiger partial charge on any atom is 0.311 e. The molecule has 1 saturated heterocycles. The highest BCUT2D eigenvalue weighted by atomic mass is 32.2. The highest BCUT2D eigenvalue weighted by Gasteiger charge is 2.39. The fourth-order valence-corrected chi connectivity index (χ4v) is 4.70. The summed E-state index contributed by atoms with van der Waals surface area (Å²) >= 11 is 0. The molecule has 1 aliphatic heterocycles. The van der Waals surface area contributed by atoms with Crippen molar-refractivity contribution in [2.75, 3.05) is 30.9 Å². The lowest BCUT2D eigenvalue weighted by Gasteiger charge is -2.42. The molecular weight excluding hydrogens is 304 g/mol. The third-order valence-corrected chi connectivity index (χ3v) is 6.75. The van der Waals surface area contributed by atoms with Crippen LogP contribution in [0, 0.1) is 10.1 Å². The summed E-state index contributed by atoms with van der Waals surface area (Å²) in [6, 6.07) is 4.91. The molecule has 0 aromatic heterocycles. The molecule has 7 heteroatoms. The second-order valence-corrected chi connectivity index (χ2v) is 7.44. The number of methoxy groups -OCH3 is 1. The van der Waals surface area contributed by atoms with Crippen LogP contribution in [0.5, 0.6) is 5.75 Å². The number of hydrogen-bond donors (Lipinski definition) is 0. The van der Waals surface area contributed by atoms with Crippen molar-refractivity contribution in [2.24, 2.45) is 0 Å². The van der Waals surface area contributed by atoms with Crippen molar-refractivity contribution in [1.29, 1.82) is 0 Å². The van der Waals surface area contributed by atoms with Crippen LogP contribution < -0.4 is 9.64 Å². The predicted octanol–water partition coefficient (Wildman–Crippen LogP) is 2.73. The Labute approximate surface area is 133 Å². The van der Waals surface area contributed by atoms with Crippen molar-refractivity contribution in [3.63, 3.8) is 0 Å². The zero-order valence-corrected chi connectivity index (χ0v) is 14.0. The number of benzene rings is 1. The fourth-order valence-electron chi connectivity index (χ4n) is 2.94. The fraction of sp³-hybridized carbons (Fsp3) is 0.600. The van der Waals surface area contributed by atoms with E-state index in [1.165, 1.54) is 13.2 Å². The second-order valence-electron chi connectivity index (χ2n) is 5.47. The Balaban J connectivity index is 2.32. The SMILES string of the molecule is CCC1(CC)CN(c2ccc([N+](=O)[O-])c(OC)c2)CCS1=O. The summed E-state index contributed by atoms with van der Waals surface area (Å²) in [7, 11) is 0.599. The Morgan fingerprint density at radius 1 is 1.41 bits per heavy atom. The number of rotatable bonds is 5. The summed E-state index contributed by atoms with van der Waals surface area (Å²) in [5.74, 6) is 0.883. The molecule has 1 aromatic carbocycles. The Hall–Kier alpha value is -1.63. The Morgan fingerprint density at radius 3 is 2.64 bits per heavy atom. The van der Waals surface area contributed by atoms with E-state index < -0.39 is 15.7 Å². The molecule has 1 aliphatic rings. The van der Waals surface area contributed by atoms with Gasteiger partial charge in [0.05, 0.1) is 16.8 Å². The summed E-state index contributed by atoms with van der Waals surface area (Å²) in [6.45, 7) is 5.53. The molecular formula is C15H22N2O4S. The molecule has 0 amide bonds. The number of nitro benzene ring substituents is 1. The minimum absolute atomic E-state index is 0.0379. The number of nitrogens with zero attached hydrogens (tertiary/aromatic N) is 2. The van der Waals surface area contributed by atoms with E-state index in [2.05, 4.69) is 18.7 Å². The predicted molar refractivity (Wildman–Crippen MR) is 88.2 cm³/mol. The number of hydrogen-bond acceptors (Lipinski definition) is 5. The Kier molecular flexibility index (Phi) is 5.05. The van der Waals surface area contributed by atoms with Gasteiger partial charge in [-0.05, 0) is 18.9 Å². The lowest BCUT2D eigenvalue weighted by Crippen LogP contribution is -2.53. The molecule has 1 unspecified atom stereocenters. The van der Waals surface area contributed by atoms with Gasteiger partial charge in [0.15, 0.2) is 5.75 Å². The molecule has 0 saturated carbocycles. The van der Waals surface area contributed by atoms with Crippen LogP contribution in [0.1, 0.15) is 26.7 Å². The summed E-state index contributed by atoms with van der Waals surface area (Å²) < 4.78 is 17.3. The minimum Gasteiger partial charge on any atom is -0.490 e. The average Bonchev–Trinajstić information content (AvgIpc) is 2.54. The summed E-state index contributed by atoms with van der Waals surface area (Å²) in [4.78, 5) is 12.7. The van der Waals surface area contributed by atoms with Crippen LogP contribution in [-0.4, -0.2) is 39.8 Å². The van der Waals surface area contributed by atoms with Gasteiger partial charge in [-0.3, -0.25) is 14.3 Å². The topological polar surface area (TPSA) is 72.7 Å². The van der Waals surface area contributed by atoms with E-state index in [0.29, 0.717) is 18.8 Å². The molecule has 0 radical (unpaired) electrons. The van der Waals surface area contributed by atoms with Crippen LogP contribution in [0.3, 0.4) is 0 Å². The van der Waals surface area contributed by atoms with Crippen LogP contribution in [0.4, 0.5) is 11.4 Å². The van der Waals surface area contributed by atoms with E-state index in [9.17, 15) is 14.3 Å². The zero-order chi connectivity index (χ0) is 16.3. The monoisotopic (exact) mass is 326 g/mol. The van der Waals surface area contributed by atoms with E-state index in [-0.39, 0.29) is 16.2 Å². The van der Waals surface area contributed by atoms with Crippen LogP contribution in [0.25, 0.3) is 0 Å². The van der Waals surface area contributed by atoms with Crippen LogP contribution in [-0.2, 0) is 10.8 Å². The number of nitro groups is 1. The maximum atomic E-state index is 12.4. The minimum atomic E-state index is -0.831.